The van der Waals surface area contributed by atoms with Crippen molar-refractivity contribution in [3.63, 3.8) is 0 Å². The van der Waals surface area contributed by atoms with Crippen molar-refractivity contribution in [1.82, 2.24) is 4.98 Å². The number of aliphatic hydroxyl groups excluding tert-OH is 1. The van der Waals surface area contributed by atoms with Gasteiger partial charge in [-0.15, -0.1) is 11.3 Å². The molecule has 0 spiro atoms. The van der Waals surface area contributed by atoms with Crippen molar-refractivity contribution < 1.29 is 5.11 Å². The monoisotopic (exact) mass is 301 g/mol. The third-order valence-corrected chi connectivity index (χ3v) is 5.29. The van der Waals surface area contributed by atoms with Gasteiger partial charge in [-0.3, -0.25) is 0 Å². The van der Waals surface area contributed by atoms with Gasteiger partial charge in [0, 0.05) is 17.4 Å². The SMILES string of the molecule is OC(CCC1CCCC1)Cc1nc(-c2ccccc2)cs1. The van der Waals surface area contributed by atoms with Crippen LogP contribution in [0.3, 0.4) is 0 Å². The Morgan fingerprint density at radius 3 is 2.71 bits per heavy atom. The van der Waals surface area contributed by atoms with Gasteiger partial charge < -0.3 is 5.11 Å². The summed E-state index contributed by atoms with van der Waals surface area (Å²) < 4.78 is 0. The van der Waals surface area contributed by atoms with E-state index in [2.05, 4.69) is 22.5 Å². The number of rotatable bonds is 6. The zero-order valence-corrected chi connectivity index (χ0v) is 13.2. The second-order valence-electron chi connectivity index (χ2n) is 6.08. The van der Waals surface area contributed by atoms with E-state index >= 15 is 0 Å². The van der Waals surface area contributed by atoms with Crippen LogP contribution in [-0.2, 0) is 6.42 Å². The first-order chi connectivity index (χ1) is 10.3. The average molecular weight is 301 g/mol. The minimum Gasteiger partial charge on any atom is -0.393 e. The number of nitrogens with zero attached hydrogens (tertiary/aromatic N) is 1. The minimum absolute atomic E-state index is 0.236. The van der Waals surface area contributed by atoms with Gasteiger partial charge in [0.05, 0.1) is 16.8 Å². The molecule has 1 heterocycles. The molecule has 0 bridgehead atoms. The molecular weight excluding hydrogens is 278 g/mol. The molecule has 21 heavy (non-hydrogen) atoms. The van der Waals surface area contributed by atoms with E-state index in [-0.39, 0.29) is 6.10 Å². The van der Waals surface area contributed by atoms with E-state index in [1.54, 1.807) is 11.3 Å². The maximum atomic E-state index is 10.2. The molecule has 2 nitrogen and oxygen atoms in total. The number of aromatic nitrogens is 1. The van der Waals surface area contributed by atoms with Gasteiger partial charge in [0.1, 0.15) is 0 Å². The normalized spacial score (nSPS) is 17.2. The van der Waals surface area contributed by atoms with Crippen molar-refractivity contribution >= 4 is 11.3 Å². The zero-order chi connectivity index (χ0) is 14.5. The lowest BCUT2D eigenvalue weighted by molar-refractivity contribution is 0.155. The van der Waals surface area contributed by atoms with Gasteiger partial charge in [-0.25, -0.2) is 4.98 Å². The highest BCUT2D eigenvalue weighted by atomic mass is 32.1. The van der Waals surface area contributed by atoms with Crippen molar-refractivity contribution in [2.45, 2.75) is 51.0 Å². The van der Waals surface area contributed by atoms with Crippen LogP contribution in [-0.4, -0.2) is 16.2 Å². The Bertz CT molecular complexity index is 545. The molecular formula is C18H23NOS. The second kappa shape index (κ2) is 7.19. The lowest BCUT2D eigenvalue weighted by atomic mass is 9.99. The topological polar surface area (TPSA) is 33.1 Å². The number of benzene rings is 1. The van der Waals surface area contributed by atoms with Crippen molar-refractivity contribution in [3.8, 4) is 11.3 Å². The van der Waals surface area contributed by atoms with Crippen molar-refractivity contribution in [2.75, 3.05) is 0 Å². The largest absolute Gasteiger partial charge is 0.393 e. The molecule has 3 rings (SSSR count). The molecule has 0 aliphatic heterocycles. The van der Waals surface area contributed by atoms with Crippen LogP contribution in [0.2, 0.25) is 0 Å². The van der Waals surface area contributed by atoms with Crippen LogP contribution in [0.1, 0.15) is 43.5 Å². The van der Waals surface area contributed by atoms with Crippen LogP contribution < -0.4 is 0 Å². The Kier molecular flexibility index (Phi) is 5.04. The van der Waals surface area contributed by atoms with Crippen LogP contribution in [0.25, 0.3) is 11.3 Å². The number of thiazole rings is 1. The summed E-state index contributed by atoms with van der Waals surface area (Å²) in [5.74, 6) is 0.857. The third kappa shape index (κ3) is 4.14. The molecule has 1 unspecified atom stereocenters. The lowest BCUT2D eigenvalue weighted by Crippen LogP contribution is -2.12. The Labute approximate surface area is 130 Å². The maximum absolute atomic E-state index is 10.2. The molecule has 0 saturated heterocycles. The molecule has 1 fully saturated rings. The van der Waals surface area contributed by atoms with Crippen LogP contribution >= 0.6 is 11.3 Å². The standard InChI is InChI=1S/C18H23NOS/c20-16(11-10-14-6-4-5-7-14)12-18-19-17(13-21-18)15-8-2-1-3-9-15/h1-3,8-9,13-14,16,20H,4-7,10-12H2. The summed E-state index contributed by atoms with van der Waals surface area (Å²) in [5.41, 5.74) is 2.18. The maximum Gasteiger partial charge on any atom is 0.0958 e. The number of hydrogen-bond donors (Lipinski definition) is 1. The van der Waals surface area contributed by atoms with Gasteiger partial charge in [0.2, 0.25) is 0 Å². The van der Waals surface area contributed by atoms with Crippen LogP contribution in [0.4, 0.5) is 0 Å². The quantitative estimate of drug-likeness (QED) is 0.840. The van der Waals surface area contributed by atoms with Crippen molar-refractivity contribution in [1.29, 1.82) is 0 Å². The predicted molar refractivity (Wildman–Crippen MR) is 88.5 cm³/mol. The van der Waals surface area contributed by atoms with Gasteiger partial charge in [0.15, 0.2) is 0 Å². The summed E-state index contributed by atoms with van der Waals surface area (Å²) in [6, 6.07) is 10.2. The third-order valence-electron chi connectivity index (χ3n) is 4.41. The molecule has 0 amide bonds. The lowest BCUT2D eigenvalue weighted by Gasteiger charge is -2.12. The van der Waals surface area contributed by atoms with Gasteiger partial charge in [-0.05, 0) is 18.8 Å². The highest BCUT2D eigenvalue weighted by molar-refractivity contribution is 7.09. The highest BCUT2D eigenvalue weighted by Crippen LogP contribution is 2.29. The van der Waals surface area contributed by atoms with E-state index in [0.717, 1.165) is 28.6 Å². The van der Waals surface area contributed by atoms with Gasteiger partial charge >= 0.3 is 0 Å². The molecule has 1 atom stereocenters. The van der Waals surface area contributed by atoms with Gasteiger partial charge in [-0.2, -0.15) is 0 Å². The second-order valence-corrected chi connectivity index (χ2v) is 7.02. The first kappa shape index (κ1) is 14.7. The summed E-state index contributed by atoms with van der Waals surface area (Å²) in [4.78, 5) is 4.66. The molecule has 1 aliphatic rings. The van der Waals surface area contributed by atoms with E-state index in [1.807, 2.05) is 18.2 Å². The fraction of sp³-hybridized carbons (Fsp3) is 0.500. The van der Waals surface area contributed by atoms with E-state index in [9.17, 15) is 5.11 Å². The molecule has 3 heteroatoms. The zero-order valence-electron chi connectivity index (χ0n) is 12.4. The predicted octanol–water partition coefficient (Wildman–Crippen LogP) is 4.68. The van der Waals surface area contributed by atoms with Gasteiger partial charge in [0.25, 0.3) is 0 Å². The molecule has 1 saturated carbocycles. The number of aliphatic hydroxyl groups is 1. The highest BCUT2D eigenvalue weighted by Gasteiger charge is 2.17. The van der Waals surface area contributed by atoms with E-state index in [1.165, 1.54) is 32.1 Å². The molecule has 112 valence electrons. The fourth-order valence-electron chi connectivity index (χ4n) is 3.18. The fourth-order valence-corrected chi connectivity index (χ4v) is 4.05. The van der Waals surface area contributed by atoms with E-state index < -0.39 is 0 Å². The molecule has 1 aromatic carbocycles. The Hall–Kier alpha value is -1.19. The first-order valence-corrected chi connectivity index (χ1v) is 8.87. The summed E-state index contributed by atoms with van der Waals surface area (Å²) in [7, 11) is 0. The minimum atomic E-state index is -0.236. The number of hydrogen-bond acceptors (Lipinski definition) is 3. The van der Waals surface area contributed by atoms with Crippen LogP contribution in [0.5, 0.6) is 0 Å². The van der Waals surface area contributed by atoms with Gasteiger partial charge in [-0.1, -0.05) is 56.0 Å². The van der Waals surface area contributed by atoms with Crippen molar-refractivity contribution in [2.24, 2.45) is 5.92 Å². The Balaban J connectivity index is 1.52. The smallest absolute Gasteiger partial charge is 0.0958 e. The molecule has 1 aromatic heterocycles. The molecule has 1 aliphatic carbocycles. The summed E-state index contributed by atoms with van der Waals surface area (Å²) in [6.07, 6.45) is 8.05. The van der Waals surface area contributed by atoms with E-state index in [4.69, 9.17) is 0 Å². The van der Waals surface area contributed by atoms with Crippen molar-refractivity contribution in [3.05, 3.63) is 40.7 Å². The van der Waals surface area contributed by atoms with Crippen LogP contribution in [0.15, 0.2) is 35.7 Å². The summed E-state index contributed by atoms with van der Waals surface area (Å²) in [5, 5.41) is 13.3. The van der Waals surface area contributed by atoms with Crippen LogP contribution in [0, 0.1) is 5.92 Å². The summed E-state index contributed by atoms with van der Waals surface area (Å²) >= 11 is 1.66. The van der Waals surface area contributed by atoms with E-state index in [0.29, 0.717) is 6.42 Å². The first-order valence-electron chi connectivity index (χ1n) is 7.99. The molecule has 1 N–H and O–H groups in total. The molecule has 0 radical (unpaired) electrons. The Morgan fingerprint density at radius 2 is 1.95 bits per heavy atom. The Morgan fingerprint density at radius 1 is 1.19 bits per heavy atom. The molecule has 2 aromatic rings. The average Bonchev–Trinajstić information content (AvgIpc) is 3.17. The summed E-state index contributed by atoms with van der Waals surface area (Å²) in [6.45, 7) is 0.